The Bertz CT molecular complexity index is 688. The van der Waals surface area contributed by atoms with E-state index >= 15 is 0 Å². The fourth-order valence-electron chi connectivity index (χ4n) is 1.88. The van der Waals surface area contributed by atoms with Gasteiger partial charge >= 0.3 is 5.97 Å². The van der Waals surface area contributed by atoms with E-state index in [2.05, 4.69) is 20.9 Å². The lowest BCUT2D eigenvalue weighted by Crippen LogP contribution is -2.28. The van der Waals surface area contributed by atoms with Gasteiger partial charge in [-0.05, 0) is 34.1 Å². The van der Waals surface area contributed by atoms with Crippen LogP contribution >= 0.6 is 15.9 Å². The van der Waals surface area contributed by atoms with Gasteiger partial charge in [0.25, 0.3) is 5.91 Å². The van der Waals surface area contributed by atoms with E-state index in [-0.39, 0.29) is 5.91 Å². The van der Waals surface area contributed by atoms with Crippen molar-refractivity contribution in [2.75, 3.05) is 19.1 Å². The average molecular weight is 349 g/mol. The number of anilines is 1. The third kappa shape index (κ3) is 3.28. The number of para-hydroxylation sites is 1. The number of aromatic nitrogens is 1. The van der Waals surface area contributed by atoms with Gasteiger partial charge in [0.2, 0.25) is 0 Å². The molecule has 6 heteroatoms. The average Bonchev–Trinajstić information content (AvgIpc) is 2.52. The van der Waals surface area contributed by atoms with Gasteiger partial charge in [0.1, 0.15) is 0 Å². The highest BCUT2D eigenvalue weighted by Gasteiger charge is 2.20. The minimum atomic E-state index is -0.488. The summed E-state index contributed by atoms with van der Waals surface area (Å²) >= 11 is 3.28. The number of amides is 1. The minimum Gasteiger partial charge on any atom is -0.465 e. The zero-order valence-electron chi connectivity index (χ0n) is 11.5. The normalized spacial score (nSPS) is 10.0. The first-order valence-electron chi connectivity index (χ1n) is 6.10. The summed E-state index contributed by atoms with van der Waals surface area (Å²) in [4.78, 5) is 29.6. The Morgan fingerprint density at radius 2 is 1.95 bits per heavy atom. The maximum Gasteiger partial charge on any atom is 0.339 e. The zero-order chi connectivity index (χ0) is 15.4. The SMILES string of the molecule is COC(=O)c1ccccc1N(C)C(=O)c1cncc(Br)c1. The number of rotatable bonds is 3. The Kier molecular flexibility index (Phi) is 4.70. The lowest BCUT2D eigenvalue weighted by Gasteiger charge is -2.19. The van der Waals surface area contributed by atoms with E-state index < -0.39 is 5.97 Å². The van der Waals surface area contributed by atoms with Crippen LogP contribution in [0.25, 0.3) is 0 Å². The minimum absolute atomic E-state index is 0.264. The molecule has 1 aromatic carbocycles. The number of ether oxygens (including phenoxy) is 1. The summed E-state index contributed by atoms with van der Waals surface area (Å²) in [5.41, 5.74) is 1.24. The largest absolute Gasteiger partial charge is 0.465 e. The molecule has 1 heterocycles. The predicted octanol–water partition coefficient (Wildman–Crippen LogP) is 2.91. The highest BCUT2D eigenvalue weighted by Crippen LogP contribution is 2.22. The van der Waals surface area contributed by atoms with Crippen LogP contribution in [0.4, 0.5) is 5.69 Å². The number of methoxy groups -OCH3 is 1. The molecule has 0 radical (unpaired) electrons. The molecule has 0 aliphatic heterocycles. The van der Waals surface area contributed by atoms with E-state index in [0.717, 1.165) is 0 Å². The van der Waals surface area contributed by atoms with E-state index in [9.17, 15) is 9.59 Å². The maximum absolute atomic E-state index is 12.5. The molecule has 0 unspecified atom stereocenters. The Labute approximate surface area is 130 Å². The smallest absolute Gasteiger partial charge is 0.339 e. The molecule has 0 saturated carbocycles. The predicted molar refractivity (Wildman–Crippen MR) is 82.5 cm³/mol. The first kappa shape index (κ1) is 15.2. The van der Waals surface area contributed by atoms with Crippen molar-refractivity contribution < 1.29 is 14.3 Å². The molecular formula is C15H13BrN2O3. The highest BCUT2D eigenvalue weighted by atomic mass is 79.9. The molecule has 1 amide bonds. The molecule has 0 aliphatic carbocycles. The van der Waals surface area contributed by atoms with Gasteiger partial charge in [0.05, 0.1) is 23.9 Å². The highest BCUT2D eigenvalue weighted by molar-refractivity contribution is 9.10. The number of hydrogen-bond acceptors (Lipinski definition) is 4. The van der Waals surface area contributed by atoms with Crippen molar-refractivity contribution in [1.82, 2.24) is 4.98 Å². The van der Waals surface area contributed by atoms with Crippen molar-refractivity contribution in [1.29, 1.82) is 0 Å². The number of esters is 1. The van der Waals surface area contributed by atoms with E-state index in [1.54, 1.807) is 43.6 Å². The molecule has 0 aliphatic rings. The second kappa shape index (κ2) is 6.49. The second-order valence-corrected chi connectivity index (χ2v) is 5.18. The summed E-state index contributed by atoms with van der Waals surface area (Å²) in [5.74, 6) is -0.752. The third-order valence-electron chi connectivity index (χ3n) is 2.93. The van der Waals surface area contributed by atoms with Gasteiger partial charge in [-0.3, -0.25) is 9.78 Å². The van der Waals surface area contributed by atoms with E-state index in [4.69, 9.17) is 4.74 Å². The molecule has 108 valence electrons. The molecule has 0 N–H and O–H groups in total. The Morgan fingerprint density at radius 1 is 1.24 bits per heavy atom. The molecule has 1 aromatic heterocycles. The van der Waals surface area contributed by atoms with Gasteiger partial charge in [-0.25, -0.2) is 4.79 Å². The van der Waals surface area contributed by atoms with Gasteiger partial charge in [0, 0.05) is 23.9 Å². The summed E-state index contributed by atoms with van der Waals surface area (Å²) in [6, 6.07) is 8.45. The molecule has 2 rings (SSSR count). The van der Waals surface area contributed by atoms with Gasteiger partial charge < -0.3 is 9.64 Å². The summed E-state index contributed by atoms with van der Waals surface area (Å²) in [6.45, 7) is 0. The van der Waals surface area contributed by atoms with Gasteiger partial charge in [-0.1, -0.05) is 12.1 Å². The lowest BCUT2D eigenvalue weighted by atomic mass is 10.1. The van der Waals surface area contributed by atoms with Gasteiger partial charge in [-0.15, -0.1) is 0 Å². The van der Waals surface area contributed by atoms with Crippen molar-refractivity contribution in [3.05, 3.63) is 58.3 Å². The molecule has 0 spiro atoms. The number of halogens is 1. The second-order valence-electron chi connectivity index (χ2n) is 4.26. The Balaban J connectivity index is 2.38. The van der Waals surface area contributed by atoms with Gasteiger partial charge in [0.15, 0.2) is 0 Å². The lowest BCUT2D eigenvalue weighted by molar-refractivity contribution is 0.0601. The molecule has 21 heavy (non-hydrogen) atoms. The van der Waals surface area contributed by atoms with Crippen molar-refractivity contribution >= 4 is 33.5 Å². The number of pyridine rings is 1. The fourth-order valence-corrected chi connectivity index (χ4v) is 2.25. The number of carbonyl (C=O) groups excluding carboxylic acids is 2. The van der Waals surface area contributed by atoms with E-state index in [0.29, 0.717) is 21.3 Å². The zero-order valence-corrected chi connectivity index (χ0v) is 13.1. The van der Waals surface area contributed by atoms with Crippen LogP contribution in [0.1, 0.15) is 20.7 Å². The van der Waals surface area contributed by atoms with Crippen molar-refractivity contribution in [3.8, 4) is 0 Å². The molecule has 2 aromatic rings. The molecule has 0 bridgehead atoms. The summed E-state index contributed by atoms with van der Waals surface area (Å²) in [5, 5.41) is 0. The monoisotopic (exact) mass is 348 g/mol. The standard InChI is InChI=1S/C15H13BrN2O3/c1-18(14(19)10-7-11(16)9-17-8-10)13-6-4-3-5-12(13)15(20)21-2/h3-9H,1-2H3. The first-order valence-corrected chi connectivity index (χ1v) is 6.90. The molecule has 0 atom stereocenters. The van der Waals surface area contributed by atoms with Crippen molar-refractivity contribution in [2.45, 2.75) is 0 Å². The molecular weight excluding hydrogens is 336 g/mol. The van der Waals surface area contributed by atoms with Crippen LogP contribution in [-0.2, 0) is 4.74 Å². The Morgan fingerprint density at radius 3 is 2.62 bits per heavy atom. The van der Waals surface area contributed by atoms with Crippen LogP contribution < -0.4 is 4.90 Å². The van der Waals surface area contributed by atoms with Crippen LogP contribution in [0.2, 0.25) is 0 Å². The first-order chi connectivity index (χ1) is 10.0. The Hall–Kier alpha value is -2.21. The number of hydrogen-bond donors (Lipinski definition) is 0. The summed E-state index contributed by atoms with van der Waals surface area (Å²) < 4.78 is 5.45. The molecule has 0 saturated heterocycles. The third-order valence-corrected chi connectivity index (χ3v) is 3.36. The number of benzene rings is 1. The van der Waals surface area contributed by atoms with Crippen molar-refractivity contribution in [2.24, 2.45) is 0 Å². The quantitative estimate of drug-likeness (QED) is 0.800. The molecule has 0 fully saturated rings. The number of carbonyl (C=O) groups is 2. The van der Waals surface area contributed by atoms with Crippen LogP contribution in [0.3, 0.4) is 0 Å². The van der Waals surface area contributed by atoms with Crippen LogP contribution in [0, 0.1) is 0 Å². The van der Waals surface area contributed by atoms with Crippen LogP contribution in [0.15, 0.2) is 47.2 Å². The molecule has 5 nitrogen and oxygen atoms in total. The fraction of sp³-hybridized carbons (Fsp3) is 0.133. The van der Waals surface area contributed by atoms with Gasteiger partial charge in [-0.2, -0.15) is 0 Å². The summed E-state index contributed by atoms with van der Waals surface area (Å²) in [7, 11) is 2.91. The van der Waals surface area contributed by atoms with E-state index in [1.165, 1.54) is 18.2 Å². The number of nitrogens with zero attached hydrogens (tertiary/aromatic N) is 2. The topological polar surface area (TPSA) is 59.5 Å². The maximum atomic E-state index is 12.5. The van der Waals surface area contributed by atoms with Crippen LogP contribution in [-0.4, -0.2) is 31.0 Å². The van der Waals surface area contributed by atoms with Crippen molar-refractivity contribution in [3.63, 3.8) is 0 Å². The summed E-state index contributed by atoms with van der Waals surface area (Å²) in [6.07, 6.45) is 3.07. The van der Waals surface area contributed by atoms with E-state index in [1.807, 2.05) is 0 Å². The van der Waals surface area contributed by atoms with Crippen LogP contribution in [0.5, 0.6) is 0 Å².